The minimum Gasteiger partial charge on any atom is -0.497 e. The van der Waals surface area contributed by atoms with Gasteiger partial charge in [0.1, 0.15) is 5.75 Å². The average molecular weight is 372 g/mol. The molecule has 0 saturated heterocycles. The predicted molar refractivity (Wildman–Crippen MR) is 103 cm³/mol. The molecule has 1 aromatic carbocycles. The zero-order valence-corrected chi connectivity index (χ0v) is 16.2. The Bertz CT molecular complexity index is 512. The van der Waals surface area contributed by atoms with Gasteiger partial charge in [-0.1, -0.05) is 17.7 Å². The lowest BCUT2D eigenvalue weighted by molar-refractivity contribution is 0.0702. The van der Waals surface area contributed by atoms with Gasteiger partial charge < -0.3 is 24.8 Å². The van der Waals surface area contributed by atoms with Crippen molar-refractivity contribution in [3.05, 3.63) is 28.8 Å². The molecular weight excluding hydrogens is 342 g/mol. The van der Waals surface area contributed by atoms with E-state index in [-0.39, 0.29) is 0 Å². The highest BCUT2D eigenvalue weighted by atomic mass is 35.5. The molecule has 1 rings (SSSR count). The molecule has 0 radical (unpaired) electrons. The summed E-state index contributed by atoms with van der Waals surface area (Å²) >= 11 is 6.26. The highest BCUT2D eigenvalue weighted by molar-refractivity contribution is 6.31. The Morgan fingerprint density at radius 3 is 2.68 bits per heavy atom. The van der Waals surface area contributed by atoms with E-state index in [0.29, 0.717) is 26.4 Å². The van der Waals surface area contributed by atoms with Gasteiger partial charge in [0.25, 0.3) is 0 Å². The van der Waals surface area contributed by atoms with E-state index < -0.39 is 0 Å². The van der Waals surface area contributed by atoms with Gasteiger partial charge in [-0.2, -0.15) is 0 Å². The number of ether oxygens (including phenoxy) is 3. The van der Waals surface area contributed by atoms with Crippen LogP contribution in [0.1, 0.15) is 18.9 Å². The van der Waals surface area contributed by atoms with Gasteiger partial charge in [-0.25, -0.2) is 0 Å². The maximum atomic E-state index is 6.26. The third kappa shape index (κ3) is 9.53. The van der Waals surface area contributed by atoms with Crippen molar-refractivity contribution < 1.29 is 14.2 Å². The maximum absolute atomic E-state index is 6.26. The number of rotatable bonds is 12. The normalized spacial score (nSPS) is 11.4. The summed E-state index contributed by atoms with van der Waals surface area (Å²) in [4.78, 5) is 4.54. The van der Waals surface area contributed by atoms with Gasteiger partial charge in [-0.05, 0) is 37.5 Å². The molecule has 0 amide bonds. The Balaban J connectivity index is 2.33. The van der Waals surface area contributed by atoms with Crippen molar-refractivity contribution in [2.45, 2.75) is 19.8 Å². The number of aliphatic imine (C=N–C) groups is 1. The van der Waals surface area contributed by atoms with Crippen LogP contribution in [-0.2, 0) is 15.9 Å². The smallest absolute Gasteiger partial charge is 0.191 e. The van der Waals surface area contributed by atoms with Crippen LogP contribution < -0.4 is 15.4 Å². The van der Waals surface area contributed by atoms with E-state index in [9.17, 15) is 0 Å². The largest absolute Gasteiger partial charge is 0.497 e. The second kappa shape index (κ2) is 13.8. The van der Waals surface area contributed by atoms with E-state index in [1.54, 1.807) is 14.2 Å². The Morgan fingerprint density at radius 2 is 2.00 bits per heavy atom. The Hall–Kier alpha value is -1.50. The lowest BCUT2D eigenvalue weighted by Crippen LogP contribution is -2.38. The summed E-state index contributed by atoms with van der Waals surface area (Å²) in [5, 5.41) is 7.28. The van der Waals surface area contributed by atoms with E-state index in [1.165, 1.54) is 0 Å². The highest BCUT2D eigenvalue weighted by Crippen LogP contribution is 2.22. The zero-order valence-electron chi connectivity index (χ0n) is 15.4. The highest BCUT2D eigenvalue weighted by Gasteiger charge is 2.03. The molecule has 7 heteroatoms. The van der Waals surface area contributed by atoms with Crippen molar-refractivity contribution in [2.24, 2.45) is 4.99 Å². The summed E-state index contributed by atoms with van der Waals surface area (Å²) in [5.74, 6) is 1.58. The topological polar surface area (TPSA) is 64.1 Å². The van der Waals surface area contributed by atoms with E-state index in [2.05, 4.69) is 15.6 Å². The van der Waals surface area contributed by atoms with Crippen LogP contribution in [0.15, 0.2) is 23.2 Å². The van der Waals surface area contributed by atoms with Crippen LogP contribution in [0.2, 0.25) is 5.02 Å². The Kier molecular flexibility index (Phi) is 11.9. The predicted octanol–water partition coefficient (Wildman–Crippen LogP) is 2.50. The fourth-order valence-electron chi connectivity index (χ4n) is 2.12. The molecule has 25 heavy (non-hydrogen) atoms. The maximum Gasteiger partial charge on any atom is 0.191 e. The van der Waals surface area contributed by atoms with Crippen LogP contribution in [0.25, 0.3) is 0 Å². The summed E-state index contributed by atoms with van der Waals surface area (Å²) in [6.45, 7) is 6.27. The molecule has 0 heterocycles. The molecule has 2 N–H and O–H groups in total. The van der Waals surface area contributed by atoms with E-state index >= 15 is 0 Å². The SMILES string of the molecule is CCNC(=NCCCOCCOC)NCCc1ccc(OC)cc1Cl. The molecule has 0 aromatic heterocycles. The third-order valence-electron chi connectivity index (χ3n) is 3.44. The summed E-state index contributed by atoms with van der Waals surface area (Å²) in [7, 11) is 3.30. The first kappa shape index (κ1) is 21.5. The van der Waals surface area contributed by atoms with Crippen molar-refractivity contribution in [1.29, 1.82) is 0 Å². The Labute approximate surface area is 155 Å². The molecule has 1 aromatic rings. The second-order valence-electron chi connectivity index (χ2n) is 5.35. The number of nitrogens with one attached hydrogen (secondary N) is 2. The van der Waals surface area contributed by atoms with Crippen LogP contribution in [0.4, 0.5) is 0 Å². The number of benzene rings is 1. The molecule has 0 aliphatic heterocycles. The fourth-order valence-corrected chi connectivity index (χ4v) is 2.38. The van der Waals surface area contributed by atoms with Crippen LogP contribution in [-0.4, -0.2) is 59.6 Å². The van der Waals surface area contributed by atoms with Crippen molar-refractivity contribution >= 4 is 17.6 Å². The average Bonchev–Trinajstić information content (AvgIpc) is 2.62. The van der Waals surface area contributed by atoms with Gasteiger partial charge in [0.05, 0.1) is 20.3 Å². The van der Waals surface area contributed by atoms with Gasteiger partial charge in [0, 0.05) is 38.4 Å². The zero-order chi connectivity index (χ0) is 18.3. The second-order valence-corrected chi connectivity index (χ2v) is 5.76. The van der Waals surface area contributed by atoms with E-state index in [4.69, 9.17) is 25.8 Å². The van der Waals surface area contributed by atoms with Crippen molar-refractivity contribution in [3.63, 3.8) is 0 Å². The fraction of sp³-hybridized carbons (Fsp3) is 0.611. The van der Waals surface area contributed by atoms with Gasteiger partial charge >= 0.3 is 0 Å². The lowest BCUT2D eigenvalue weighted by atomic mass is 10.1. The number of nitrogens with zero attached hydrogens (tertiary/aromatic N) is 1. The summed E-state index contributed by atoms with van der Waals surface area (Å²) in [5.41, 5.74) is 1.08. The summed E-state index contributed by atoms with van der Waals surface area (Å²) in [6, 6.07) is 5.74. The molecule has 6 nitrogen and oxygen atoms in total. The van der Waals surface area contributed by atoms with Crippen molar-refractivity contribution in [3.8, 4) is 5.75 Å². The quantitative estimate of drug-likeness (QED) is 0.336. The van der Waals surface area contributed by atoms with Gasteiger partial charge in [-0.15, -0.1) is 0 Å². The van der Waals surface area contributed by atoms with Crippen LogP contribution in [0, 0.1) is 0 Å². The number of guanidine groups is 1. The van der Waals surface area contributed by atoms with Crippen molar-refractivity contribution in [1.82, 2.24) is 10.6 Å². The van der Waals surface area contributed by atoms with Crippen LogP contribution in [0.5, 0.6) is 5.75 Å². The first-order valence-electron chi connectivity index (χ1n) is 8.62. The van der Waals surface area contributed by atoms with E-state index in [1.807, 2.05) is 25.1 Å². The molecular formula is C18H30ClN3O3. The molecule has 0 saturated carbocycles. The molecule has 0 aliphatic rings. The first-order chi connectivity index (χ1) is 12.2. The molecule has 0 spiro atoms. The first-order valence-corrected chi connectivity index (χ1v) is 9.00. The minimum atomic E-state index is 0.626. The molecule has 0 atom stereocenters. The molecule has 0 aliphatic carbocycles. The summed E-state index contributed by atoms with van der Waals surface area (Å²) in [6.07, 6.45) is 1.69. The number of hydrogen-bond donors (Lipinski definition) is 2. The van der Waals surface area contributed by atoms with Crippen LogP contribution >= 0.6 is 11.6 Å². The number of halogens is 1. The van der Waals surface area contributed by atoms with Crippen LogP contribution in [0.3, 0.4) is 0 Å². The number of methoxy groups -OCH3 is 2. The van der Waals surface area contributed by atoms with Gasteiger partial charge in [0.2, 0.25) is 0 Å². The van der Waals surface area contributed by atoms with Gasteiger partial charge in [0.15, 0.2) is 5.96 Å². The minimum absolute atomic E-state index is 0.626. The number of hydrogen-bond acceptors (Lipinski definition) is 4. The third-order valence-corrected chi connectivity index (χ3v) is 3.79. The van der Waals surface area contributed by atoms with E-state index in [0.717, 1.165) is 48.2 Å². The van der Waals surface area contributed by atoms with Crippen molar-refractivity contribution in [2.75, 3.05) is 53.7 Å². The molecule has 0 unspecified atom stereocenters. The molecule has 0 fully saturated rings. The molecule has 0 bridgehead atoms. The summed E-state index contributed by atoms with van der Waals surface area (Å²) < 4.78 is 15.5. The monoisotopic (exact) mass is 371 g/mol. The Morgan fingerprint density at radius 1 is 1.16 bits per heavy atom. The molecule has 142 valence electrons. The lowest BCUT2D eigenvalue weighted by Gasteiger charge is -2.12. The standard InChI is InChI=1S/C18H30ClN3O3/c1-4-20-18(21-9-5-11-25-13-12-23-2)22-10-8-15-6-7-16(24-3)14-17(15)19/h6-7,14H,4-5,8-13H2,1-3H3,(H2,20,21,22). The van der Waals surface area contributed by atoms with Gasteiger partial charge in [-0.3, -0.25) is 4.99 Å².